The van der Waals surface area contributed by atoms with Crippen LogP contribution in [0.15, 0.2) is 103 Å². The molecular formula is C58H64F4N12O4S2. The predicted octanol–water partition coefficient (Wildman–Crippen LogP) is 10.7. The number of nitrogens with zero attached hydrogens (tertiary/aromatic N) is 9. The summed E-state index contributed by atoms with van der Waals surface area (Å²) in [7, 11) is -6.96. The summed E-state index contributed by atoms with van der Waals surface area (Å²) in [5.74, 6) is -0.452. The van der Waals surface area contributed by atoms with E-state index in [4.69, 9.17) is 9.97 Å². The zero-order chi connectivity index (χ0) is 57.4. The van der Waals surface area contributed by atoms with Crippen molar-refractivity contribution in [1.82, 2.24) is 55.4 Å². The quantitative estimate of drug-likeness (QED) is 0.109. The number of rotatable bonds is 10. The minimum atomic E-state index is -3.51. The van der Waals surface area contributed by atoms with E-state index in [1.54, 1.807) is 49.8 Å². The van der Waals surface area contributed by atoms with Crippen molar-refractivity contribution in [3.8, 4) is 33.8 Å². The number of aromatic nitrogens is 9. The lowest BCUT2D eigenvalue weighted by atomic mass is 9.64. The van der Waals surface area contributed by atoms with Gasteiger partial charge in [-0.3, -0.25) is 14.4 Å². The molecule has 420 valence electrons. The first kappa shape index (κ1) is 55.7. The topological polar surface area (TPSA) is 220 Å². The van der Waals surface area contributed by atoms with E-state index in [0.717, 1.165) is 65.7 Å². The van der Waals surface area contributed by atoms with Crippen LogP contribution < -0.4 is 14.8 Å². The smallest absolute Gasteiger partial charge is 0.230 e. The number of halogens is 4. The highest BCUT2D eigenvalue weighted by atomic mass is 32.2. The molecule has 5 aromatic heterocycles. The van der Waals surface area contributed by atoms with Crippen molar-refractivity contribution in [2.24, 2.45) is 17.3 Å². The molecule has 0 radical (unpaired) electrons. The third-order valence-corrected chi connectivity index (χ3v) is 17.3. The van der Waals surface area contributed by atoms with E-state index < -0.39 is 54.1 Å². The summed E-state index contributed by atoms with van der Waals surface area (Å²) < 4.78 is 110. The summed E-state index contributed by atoms with van der Waals surface area (Å²) >= 11 is 0. The summed E-state index contributed by atoms with van der Waals surface area (Å²) in [6, 6.07) is 16.3. The van der Waals surface area contributed by atoms with Gasteiger partial charge in [-0.15, -0.1) is 10.2 Å². The van der Waals surface area contributed by atoms with Crippen LogP contribution in [-0.2, 0) is 30.9 Å². The largest absolute Gasteiger partial charge is 0.365 e. The number of allylic oxidation sites excluding steroid dienone is 2. The fourth-order valence-corrected chi connectivity index (χ4v) is 14.1. The van der Waals surface area contributed by atoms with E-state index in [1.165, 1.54) is 36.4 Å². The second kappa shape index (κ2) is 20.5. The highest BCUT2D eigenvalue weighted by Crippen LogP contribution is 2.82. The molecule has 3 fully saturated rings. The predicted molar refractivity (Wildman–Crippen MR) is 300 cm³/mol. The number of aryl methyl sites for hydroxylation is 1. The summed E-state index contributed by atoms with van der Waals surface area (Å²) in [5.41, 5.74) is 6.28. The average Bonchev–Trinajstić information content (AvgIpc) is 3.97. The summed E-state index contributed by atoms with van der Waals surface area (Å²) in [6.07, 6.45) is 13.4. The average molecular weight is 1130 g/mol. The van der Waals surface area contributed by atoms with Crippen LogP contribution >= 0.6 is 0 Å². The third-order valence-electron chi connectivity index (χ3n) is 16.1. The van der Waals surface area contributed by atoms with Gasteiger partial charge in [0.15, 0.2) is 5.82 Å². The second-order valence-electron chi connectivity index (χ2n) is 21.2. The van der Waals surface area contributed by atoms with Crippen LogP contribution in [0.2, 0.25) is 0 Å². The van der Waals surface area contributed by atoms with Gasteiger partial charge < -0.3 is 5.32 Å². The normalized spacial score (nSPS) is 23.8. The van der Waals surface area contributed by atoms with Gasteiger partial charge in [-0.05, 0) is 134 Å². The standard InChI is InChI=1S/C28H26F2N6O2S.C26H22F2N6O2S.2C2H6.2H2/c1-15-10-16(11-24(32-15)36-39(4,37)38)22-13-31-14-23(33-22)28-9-8-18(27(28,2)3)17-12-21(34-35-26(17)28)25-19(29)6-5-7-20(25)30;1-12-8-13(9-20(30-12)34-37(2,35)36)25-29-7-6-19(31-25)26-11-15-21(23(15)26)14-10-18(32-33-24(14)26)22-16(27)4-3-5-17(22)28;2*1-2;;/h5-7,10-14,18H,8-9H2,1-4H3,(H,32,36);3-10,12,15,21,23,30,34H,11H2,1-2H3;2*1-2H3;2*1H/t18-,28-;12?,15?,21-,23?,26-;;;;/m01..../s1. The fourth-order valence-electron chi connectivity index (χ4n) is 13.1. The Morgan fingerprint density at radius 1 is 0.713 bits per heavy atom. The molecule has 2 bridgehead atoms. The molecule has 6 aliphatic rings. The van der Waals surface area contributed by atoms with Crippen molar-refractivity contribution in [1.29, 1.82) is 0 Å². The number of nitrogens with one attached hydrogen (secondary N) is 3. The Labute approximate surface area is 465 Å². The van der Waals surface area contributed by atoms with Crippen molar-refractivity contribution >= 4 is 31.4 Å². The van der Waals surface area contributed by atoms with Crippen LogP contribution in [0.5, 0.6) is 0 Å². The van der Waals surface area contributed by atoms with E-state index in [2.05, 4.69) is 64.0 Å². The van der Waals surface area contributed by atoms with Crippen molar-refractivity contribution < 1.29 is 37.3 Å². The van der Waals surface area contributed by atoms with E-state index in [-0.39, 0.29) is 54.5 Å². The molecule has 7 atom stereocenters. The van der Waals surface area contributed by atoms with E-state index in [1.807, 2.05) is 52.8 Å². The molecule has 0 saturated heterocycles. The molecule has 5 aliphatic carbocycles. The molecule has 80 heavy (non-hydrogen) atoms. The Bertz CT molecular complexity index is 3910. The Morgan fingerprint density at radius 3 is 1.95 bits per heavy atom. The zero-order valence-corrected chi connectivity index (χ0v) is 47.4. The Kier molecular flexibility index (Phi) is 14.3. The maximum absolute atomic E-state index is 14.6. The maximum atomic E-state index is 14.6. The van der Waals surface area contributed by atoms with Crippen LogP contribution in [0.25, 0.3) is 39.3 Å². The van der Waals surface area contributed by atoms with E-state index >= 15 is 0 Å². The number of anilines is 1. The van der Waals surface area contributed by atoms with Crippen LogP contribution in [0.3, 0.4) is 0 Å². The Morgan fingerprint density at radius 2 is 1.32 bits per heavy atom. The van der Waals surface area contributed by atoms with Crippen LogP contribution in [0, 0.1) is 47.4 Å². The van der Waals surface area contributed by atoms with Gasteiger partial charge in [0.1, 0.15) is 34.9 Å². The van der Waals surface area contributed by atoms with Crippen LogP contribution in [0.1, 0.15) is 128 Å². The van der Waals surface area contributed by atoms with Crippen molar-refractivity contribution in [3.05, 3.63) is 172 Å². The molecule has 1 aliphatic heterocycles. The lowest BCUT2D eigenvalue weighted by Gasteiger charge is -2.40. The van der Waals surface area contributed by atoms with E-state index in [0.29, 0.717) is 46.0 Å². The van der Waals surface area contributed by atoms with Gasteiger partial charge in [0, 0.05) is 38.1 Å². The maximum Gasteiger partial charge on any atom is 0.230 e. The Hall–Kier alpha value is -7.59. The first-order chi connectivity index (χ1) is 38.1. The minimum absolute atomic E-state index is 0. The molecule has 22 heteroatoms. The number of hydrogen-bond donors (Lipinski definition) is 3. The van der Waals surface area contributed by atoms with E-state index in [9.17, 15) is 34.4 Å². The van der Waals surface area contributed by atoms with Gasteiger partial charge in [-0.1, -0.05) is 59.8 Å². The molecule has 16 nitrogen and oxygen atoms in total. The van der Waals surface area contributed by atoms with Gasteiger partial charge in [0.05, 0.1) is 80.5 Å². The van der Waals surface area contributed by atoms with Crippen LogP contribution in [0.4, 0.5) is 23.4 Å². The van der Waals surface area contributed by atoms with Gasteiger partial charge in [0.25, 0.3) is 0 Å². The second-order valence-corrected chi connectivity index (χ2v) is 24.7. The van der Waals surface area contributed by atoms with Gasteiger partial charge in [0.2, 0.25) is 20.0 Å². The fraction of sp³-hybridized carbons (Fsp3) is 0.362. The molecular weight excluding hydrogens is 1070 g/mol. The number of pyridine rings is 1. The number of fused-ring (bicyclic) bond motifs is 9. The molecule has 7 aromatic rings. The molecule has 3 saturated carbocycles. The first-order valence-electron chi connectivity index (χ1n) is 26.5. The summed E-state index contributed by atoms with van der Waals surface area (Å²) in [5, 5.41) is 20.7. The molecule has 0 amide bonds. The van der Waals surface area contributed by atoms with Crippen molar-refractivity contribution in [2.75, 3.05) is 17.2 Å². The highest BCUT2D eigenvalue weighted by molar-refractivity contribution is 7.92. The molecule has 13 rings (SSSR count). The minimum Gasteiger partial charge on any atom is -0.365 e. The first-order valence-corrected chi connectivity index (χ1v) is 30.3. The SMILES string of the molecule is CC.CC.CC1C=C(c2nccc([C@]34CC5C3[C@@H]5c3cc(-c5c(F)cccc5F)nnc34)n2)C=C(NS(C)(=O)=O)N1.Cc1cc(-c2cncc([C@@]34CC[C@@H](c5cc(-c6c(F)cccc6F)nnc53)C4(C)C)n2)cc(NS(C)(=O)=O)n1.[HH].[HH]. The van der Waals surface area contributed by atoms with Crippen LogP contribution in [-0.4, -0.2) is 80.7 Å². The lowest BCUT2D eigenvalue weighted by Crippen LogP contribution is -2.41. The summed E-state index contributed by atoms with van der Waals surface area (Å²) in [6.45, 7) is 16.0. The van der Waals surface area contributed by atoms with Gasteiger partial charge in [-0.25, -0.2) is 54.3 Å². The third kappa shape index (κ3) is 9.36. The van der Waals surface area contributed by atoms with Gasteiger partial charge >= 0.3 is 0 Å². The summed E-state index contributed by atoms with van der Waals surface area (Å²) in [4.78, 5) is 23.2. The molecule has 6 heterocycles. The lowest BCUT2D eigenvalue weighted by molar-refractivity contribution is 0.242. The van der Waals surface area contributed by atoms with Gasteiger partial charge in [-0.2, -0.15) is 10.2 Å². The number of dihydropyridines is 1. The molecule has 3 N–H and O–H groups in total. The molecule has 0 spiro atoms. The monoisotopic (exact) mass is 1130 g/mol. The molecule has 2 aromatic carbocycles. The number of hydrogen-bond acceptors (Lipinski definition) is 14. The molecule has 3 unspecified atom stereocenters. The zero-order valence-electron chi connectivity index (χ0n) is 45.7. The van der Waals surface area contributed by atoms with Crippen molar-refractivity contribution in [3.63, 3.8) is 0 Å². The van der Waals surface area contributed by atoms with Crippen molar-refractivity contribution in [2.45, 2.75) is 103 Å². The number of sulfonamides is 2. The number of benzene rings is 2. The Balaban J connectivity index is 0.000000198. The highest BCUT2D eigenvalue weighted by Gasteiger charge is 2.79.